The van der Waals surface area contributed by atoms with Gasteiger partial charge < -0.3 is 4.74 Å². The standard InChI is InChI=1S/C47H28N4O/c48-29-30-22-24-38-36(26-30)37-28-34(23-25-39(37)47(38)40-18-7-9-20-42(40)52-43-21-10-8-19-41(43)47)33-16-11-17-35(27-33)46-50-44(31-12-3-1-4-13-31)49-45(51-46)32-14-5-2-6-15-32/h1-28H. The van der Waals surface area contributed by atoms with E-state index in [0.717, 1.165) is 72.7 Å². The number of benzene rings is 7. The summed E-state index contributed by atoms with van der Waals surface area (Å²) in [7, 11) is 0. The molecule has 5 heteroatoms. The molecule has 2 aliphatic rings. The van der Waals surface area contributed by atoms with Crippen molar-refractivity contribution in [2.24, 2.45) is 0 Å². The van der Waals surface area contributed by atoms with Gasteiger partial charge in [-0.1, -0.05) is 133 Å². The summed E-state index contributed by atoms with van der Waals surface area (Å²) >= 11 is 0. The number of nitrogens with zero attached hydrogens (tertiary/aromatic N) is 4. The highest BCUT2D eigenvalue weighted by atomic mass is 16.5. The van der Waals surface area contributed by atoms with Gasteiger partial charge in [0.1, 0.15) is 11.5 Å². The maximum atomic E-state index is 10.0. The number of aromatic nitrogens is 3. The summed E-state index contributed by atoms with van der Waals surface area (Å²) in [6.07, 6.45) is 0. The Bertz CT molecular complexity index is 2630. The lowest BCUT2D eigenvalue weighted by Gasteiger charge is -2.39. The normalized spacial score (nSPS) is 12.9. The Morgan fingerprint density at radius 3 is 1.50 bits per heavy atom. The molecule has 52 heavy (non-hydrogen) atoms. The van der Waals surface area contributed by atoms with Crippen LogP contribution in [0.25, 0.3) is 56.4 Å². The Kier molecular flexibility index (Phi) is 6.70. The predicted molar refractivity (Wildman–Crippen MR) is 204 cm³/mol. The van der Waals surface area contributed by atoms with Gasteiger partial charge in [-0.05, 0) is 69.8 Å². The maximum absolute atomic E-state index is 10.0. The van der Waals surface area contributed by atoms with Crippen molar-refractivity contribution in [2.75, 3.05) is 0 Å². The first-order chi connectivity index (χ1) is 25.7. The van der Waals surface area contributed by atoms with E-state index in [1.165, 1.54) is 0 Å². The molecule has 0 saturated carbocycles. The minimum Gasteiger partial charge on any atom is -0.457 e. The van der Waals surface area contributed by atoms with Crippen molar-refractivity contribution in [1.29, 1.82) is 5.26 Å². The summed E-state index contributed by atoms with van der Waals surface area (Å²) in [5, 5.41) is 10.0. The van der Waals surface area contributed by atoms with Crippen LogP contribution >= 0.6 is 0 Å². The second-order valence-electron chi connectivity index (χ2n) is 13.1. The van der Waals surface area contributed by atoms with Crippen molar-refractivity contribution in [3.8, 4) is 74.0 Å². The molecule has 0 amide bonds. The molecule has 1 spiro atoms. The molecule has 2 heterocycles. The topological polar surface area (TPSA) is 71.7 Å². The molecule has 0 N–H and O–H groups in total. The molecule has 5 nitrogen and oxygen atoms in total. The van der Waals surface area contributed by atoms with Crippen molar-refractivity contribution in [3.63, 3.8) is 0 Å². The Hall–Kier alpha value is -7.16. The zero-order chi connectivity index (χ0) is 34.6. The average Bonchev–Trinajstić information content (AvgIpc) is 3.50. The molecule has 0 radical (unpaired) electrons. The Morgan fingerprint density at radius 1 is 0.404 bits per heavy atom. The average molecular weight is 665 g/mol. The highest BCUT2D eigenvalue weighted by Gasteiger charge is 2.51. The van der Waals surface area contributed by atoms with Crippen LogP contribution in [-0.4, -0.2) is 15.0 Å². The van der Waals surface area contributed by atoms with Gasteiger partial charge in [0, 0.05) is 27.8 Å². The molecule has 0 bridgehead atoms. The SMILES string of the molecule is N#Cc1ccc2c(c1)-c1cc(-c3cccc(-c4nc(-c5ccccc5)nc(-c5ccccc5)n4)c3)ccc1C21c2ccccc2Oc2ccccc21. The fourth-order valence-electron chi connectivity index (χ4n) is 7.93. The van der Waals surface area contributed by atoms with Gasteiger partial charge in [-0.15, -0.1) is 0 Å². The first kappa shape index (κ1) is 29.7. The third kappa shape index (κ3) is 4.52. The molecule has 8 aromatic rings. The summed E-state index contributed by atoms with van der Waals surface area (Å²) in [4.78, 5) is 14.8. The van der Waals surface area contributed by atoms with Crippen molar-refractivity contribution in [3.05, 3.63) is 198 Å². The Balaban J connectivity index is 1.15. The highest BCUT2D eigenvalue weighted by molar-refractivity contribution is 5.91. The van der Waals surface area contributed by atoms with E-state index in [2.05, 4.69) is 78.9 Å². The molecule has 1 aliphatic heterocycles. The molecule has 242 valence electrons. The third-order valence-corrected chi connectivity index (χ3v) is 10.2. The van der Waals surface area contributed by atoms with Crippen LogP contribution in [0.3, 0.4) is 0 Å². The zero-order valence-electron chi connectivity index (χ0n) is 27.9. The monoisotopic (exact) mass is 664 g/mol. The molecule has 10 rings (SSSR count). The smallest absolute Gasteiger partial charge is 0.164 e. The largest absolute Gasteiger partial charge is 0.457 e. The predicted octanol–water partition coefficient (Wildman–Crippen LogP) is 10.9. The number of hydrogen-bond donors (Lipinski definition) is 0. The zero-order valence-corrected chi connectivity index (χ0v) is 27.9. The molecular formula is C47H28N4O. The van der Waals surface area contributed by atoms with E-state index in [9.17, 15) is 5.26 Å². The van der Waals surface area contributed by atoms with Gasteiger partial charge >= 0.3 is 0 Å². The van der Waals surface area contributed by atoms with Gasteiger partial charge in [0.15, 0.2) is 17.5 Å². The second kappa shape index (κ2) is 11.7. The van der Waals surface area contributed by atoms with Crippen molar-refractivity contribution in [1.82, 2.24) is 15.0 Å². The lowest BCUT2D eigenvalue weighted by Crippen LogP contribution is -2.32. The molecule has 0 saturated heterocycles. The minimum atomic E-state index is -0.600. The van der Waals surface area contributed by atoms with Crippen LogP contribution in [0.15, 0.2) is 170 Å². The summed E-state index contributed by atoms with van der Waals surface area (Å²) < 4.78 is 6.49. The lowest BCUT2D eigenvalue weighted by atomic mass is 9.66. The van der Waals surface area contributed by atoms with Crippen LogP contribution < -0.4 is 4.74 Å². The van der Waals surface area contributed by atoms with Crippen LogP contribution in [-0.2, 0) is 5.41 Å². The lowest BCUT2D eigenvalue weighted by molar-refractivity contribution is 0.436. The second-order valence-corrected chi connectivity index (χ2v) is 13.1. The van der Waals surface area contributed by atoms with E-state index in [1.807, 2.05) is 97.1 Å². The van der Waals surface area contributed by atoms with Crippen LogP contribution in [0.5, 0.6) is 11.5 Å². The first-order valence-corrected chi connectivity index (χ1v) is 17.2. The van der Waals surface area contributed by atoms with E-state index in [1.54, 1.807) is 0 Å². The first-order valence-electron chi connectivity index (χ1n) is 17.2. The van der Waals surface area contributed by atoms with Gasteiger partial charge in [0.2, 0.25) is 0 Å². The fourth-order valence-corrected chi connectivity index (χ4v) is 7.93. The number of ether oxygens (including phenoxy) is 1. The van der Waals surface area contributed by atoms with Crippen LogP contribution in [0, 0.1) is 11.3 Å². The van der Waals surface area contributed by atoms with Crippen molar-refractivity contribution in [2.45, 2.75) is 5.41 Å². The van der Waals surface area contributed by atoms with E-state index in [-0.39, 0.29) is 0 Å². The fraction of sp³-hybridized carbons (Fsp3) is 0.0213. The van der Waals surface area contributed by atoms with Gasteiger partial charge in [0.05, 0.1) is 17.0 Å². The highest BCUT2D eigenvalue weighted by Crippen LogP contribution is 2.62. The van der Waals surface area contributed by atoms with E-state index in [4.69, 9.17) is 19.7 Å². The quantitative estimate of drug-likeness (QED) is 0.187. The molecule has 0 atom stereocenters. The number of hydrogen-bond acceptors (Lipinski definition) is 5. The van der Waals surface area contributed by atoms with Gasteiger partial charge in [-0.3, -0.25) is 0 Å². The third-order valence-electron chi connectivity index (χ3n) is 10.2. The van der Waals surface area contributed by atoms with Crippen LogP contribution in [0.1, 0.15) is 27.8 Å². The van der Waals surface area contributed by atoms with Gasteiger partial charge in [-0.25, -0.2) is 15.0 Å². The summed E-state index contributed by atoms with van der Waals surface area (Å²) in [6.45, 7) is 0. The van der Waals surface area contributed by atoms with E-state index >= 15 is 0 Å². The molecule has 0 fully saturated rings. The minimum absolute atomic E-state index is 0.600. The van der Waals surface area contributed by atoms with Gasteiger partial charge in [0.25, 0.3) is 0 Å². The Morgan fingerprint density at radius 2 is 0.885 bits per heavy atom. The van der Waals surface area contributed by atoms with Crippen LogP contribution in [0.4, 0.5) is 0 Å². The molecule has 7 aromatic carbocycles. The number of nitriles is 1. The Labute approximate surface area is 301 Å². The molecular weight excluding hydrogens is 637 g/mol. The van der Waals surface area contributed by atoms with Crippen molar-refractivity contribution >= 4 is 0 Å². The molecule has 0 unspecified atom stereocenters. The van der Waals surface area contributed by atoms with Gasteiger partial charge in [-0.2, -0.15) is 5.26 Å². The van der Waals surface area contributed by atoms with Crippen molar-refractivity contribution < 1.29 is 4.74 Å². The van der Waals surface area contributed by atoms with Crippen LogP contribution in [0.2, 0.25) is 0 Å². The number of fused-ring (bicyclic) bond motifs is 9. The number of para-hydroxylation sites is 2. The van der Waals surface area contributed by atoms with E-state index < -0.39 is 5.41 Å². The molecule has 1 aliphatic carbocycles. The summed E-state index contributed by atoms with van der Waals surface area (Å²) in [5.41, 5.74) is 11.5. The summed E-state index contributed by atoms with van der Waals surface area (Å²) in [5.74, 6) is 3.53. The summed E-state index contributed by atoms with van der Waals surface area (Å²) in [6, 6.07) is 60.2. The number of rotatable bonds is 4. The molecule has 1 aromatic heterocycles. The maximum Gasteiger partial charge on any atom is 0.164 e. The van der Waals surface area contributed by atoms with E-state index in [0.29, 0.717) is 23.0 Å².